The number of amides is 3. The summed E-state index contributed by atoms with van der Waals surface area (Å²) < 4.78 is 5.36. The van der Waals surface area contributed by atoms with Crippen LogP contribution in [0.15, 0.2) is 18.2 Å². The van der Waals surface area contributed by atoms with Crippen LogP contribution in [0.25, 0.3) is 0 Å². The van der Waals surface area contributed by atoms with Crippen LogP contribution in [0.2, 0.25) is 0 Å². The van der Waals surface area contributed by atoms with Crippen LogP contribution in [0, 0.1) is 5.92 Å². The van der Waals surface area contributed by atoms with Crippen LogP contribution in [-0.4, -0.2) is 43.6 Å². The first kappa shape index (κ1) is 18.5. The van der Waals surface area contributed by atoms with E-state index in [0.717, 1.165) is 19.4 Å². The maximum atomic E-state index is 12.9. The molecule has 142 valence electrons. The molecule has 6 heteroatoms. The molecule has 1 aliphatic carbocycles. The fraction of sp³-hybridized carbons (Fsp3) is 0.600. The summed E-state index contributed by atoms with van der Waals surface area (Å²) >= 11 is 0. The molecule has 3 rings (SSSR count). The standard InChI is InChI=1S/C20H29N3O3/c1-21-19(24)15-10-11-18(26-2)16(13-15)22-20(25)23-12-6-9-17(23)14-7-4-3-5-8-14/h10-11,13-14,17H,3-9,12H2,1-2H3,(H,21,24)(H,22,25). The van der Waals surface area contributed by atoms with Gasteiger partial charge in [0.15, 0.2) is 0 Å². The molecule has 0 radical (unpaired) electrons. The van der Waals surface area contributed by atoms with Gasteiger partial charge in [0.05, 0.1) is 12.8 Å². The Kier molecular flexibility index (Phi) is 6.01. The summed E-state index contributed by atoms with van der Waals surface area (Å²) in [6.45, 7) is 0.796. The summed E-state index contributed by atoms with van der Waals surface area (Å²) in [5.74, 6) is 0.986. The lowest BCUT2D eigenvalue weighted by Gasteiger charge is -2.34. The van der Waals surface area contributed by atoms with Gasteiger partial charge in [-0.25, -0.2) is 4.79 Å². The van der Waals surface area contributed by atoms with Crippen molar-refractivity contribution < 1.29 is 14.3 Å². The third kappa shape index (κ3) is 3.94. The van der Waals surface area contributed by atoms with Crippen molar-refractivity contribution in [3.8, 4) is 5.75 Å². The van der Waals surface area contributed by atoms with E-state index in [1.807, 2.05) is 4.90 Å². The molecule has 1 aromatic rings. The van der Waals surface area contributed by atoms with Crippen LogP contribution in [0.4, 0.5) is 10.5 Å². The first-order chi connectivity index (χ1) is 12.6. The lowest BCUT2D eigenvalue weighted by Crippen LogP contribution is -2.43. The SMILES string of the molecule is CNC(=O)c1ccc(OC)c(NC(=O)N2CCCC2C2CCCCC2)c1. The molecule has 1 aromatic carbocycles. The number of hydrogen-bond donors (Lipinski definition) is 2. The van der Waals surface area contributed by atoms with Gasteiger partial charge in [-0.1, -0.05) is 19.3 Å². The highest BCUT2D eigenvalue weighted by molar-refractivity contribution is 5.98. The van der Waals surface area contributed by atoms with Crippen LogP contribution in [-0.2, 0) is 0 Å². The summed E-state index contributed by atoms with van der Waals surface area (Å²) in [7, 11) is 3.15. The second-order valence-corrected chi connectivity index (χ2v) is 7.23. The summed E-state index contributed by atoms with van der Waals surface area (Å²) in [6, 6.07) is 5.31. The number of benzene rings is 1. The van der Waals surface area contributed by atoms with Crippen molar-refractivity contribution in [2.75, 3.05) is 26.0 Å². The Balaban J connectivity index is 1.74. The van der Waals surface area contributed by atoms with Crippen LogP contribution in [0.3, 0.4) is 0 Å². The molecular formula is C20H29N3O3. The van der Waals surface area contributed by atoms with Gasteiger partial charge in [-0.05, 0) is 49.8 Å². The number of rotatable bonds is 4. The van der Waals surface area contributed by atoms with Crippen molar-refractivity contribution in [3.05, 3.63) is 23.8 Å². The molecule has 1 atom stereocenters. The molecule has 0 aromatic heterocycles. The molecule has 26 heavy (non-hydrogen) atoms. The lowest BCUT2D eigenvalue weighted by molar-refractivity contribution is 0.0963. The largest absolute Gasteiger partial charge is 0.495 e. The van der Waals surface area contributed by atoms with Gasteiger partial charge in [-0.3, -0.25) is 4.79 Å². The molecule has 2 N–H and O–H groups in total. The van der Waals surface area contributed by atoms with Gasteiger partial charge in [0.25, 0.3) is 5.91 Å². The Bertz CT molecular complexity index is 656. The molecule has 1 saturated heterocycles. The van der Waals surface area contributed by atoms with E-state index < -0.39 is 0 Å². The van der Waals surface area contributed by atoms with E-state index >= 15 is 0 Å². The van der Waals surface area contributed by atoms with Gasteiger partial charge in [-0.2, -0.15) is 0 Å². The van der Waals surface area contributed by atoms with Gasteiger partial charge in [0, 0.05) is 25.2 Å². The molecule has 1 aliphatic heterocycles. The highest BCUT2D eigenvalue weighted by atomic mass is 16.5. The van der Waals surface area contributed by atoms with Crippen molar-refractivity contribution in [2.24, 2.45) is 5.92 Å². The van der Waals surface area contributed by atoms with E-state index in [1.165, 1.54) is 32.1 Å². The first-order valence-electron chi connectivity index (χ1n) is 9.61. The van der Waals surface area contributed by atoms with Crippen LogP contribution in [0.5, 0.6) is 5.75 Å². The molecule has 0 spiro atoms. The number of nitrogens with zero attached hydrogens (tertiary/aromatic N) is 1. The number of carbonyl (C=O) groups excluding carboxylic acids is 2. The predicted molar refractivity (Wildman–Crippen MR) is 102 cm³/mol. The summed E-state index contributed by atoms with van der Waals surface area (Å²) in [5.41, 5.74) is 1.03. The number of ether oxygens (including phenoxy) is 1. The van der Waals surface area contributed by atoms with Gasteiger partial charge in [0.2, 0.25) is 0 Å². The molecule has 2 aliphatic rings. The molecule has 1 heterocycles. The van der Waals surface area contributed by atoms with Crippen molar-refractivity contribution in [2.45, 2.75) is 51.0 Å². The fourth-order valence-corrected chi connectivity index (χ4v) is 4.33. The number of methoxy groups -OCH3 is 1. The average molecular weight is 359 g/mol. The zero-order valence-corrected chi connectivity index (χ0v) is 15.7. The highest BCUT2D eigenvalue weighted by Crippen LogP contribution is 2.35. The Labute approximate surface area is 155 Å². The van der Waals surface area contributed by atoms with Crippen molar-refractivity contribution in [3.63, 3.8) is 0 Å². The topological polar surface area (TPSA) is 70.7 Å². The van der Waals surface area contributed by atoms with Crippen molar-refractivity contribution in [1.82, 2.24) is 10.2 Å². The third-order valence-corrected chi connectivity index (χ3v) is 5.68. The smallest absolute Gasteiger partial charge is 0.322 e. The van der Waals surface area contributed by atoms with E-state index in [2.05, 4.69) is 10.6 Å². The number of anilines is 1. The molecular weight excluding hydrogens is 330 g/mol. The second-order valence-electron chi connectivity index (χ2n) is 7.23. The predicted octanol–water partition coefficient (Wildman–Crippen LogP) is 3.63. The molecule has 3 amide bonds. The van der Waals surface area contributed by atoms with E-state index in [9.17, 15) is 9.59 Å². The van der Waals surface area contributed by atoms with E-state index in [0.29, 0.717) is 29.0 Å². The number of hydrogen-bond acceptors (Lipinski definition) is 3. The summed E-state index contributed by atoms with van der Waals surface area (Å²) in [6.07, 6.45) is 8.47. The van der Waals surface area contributed by atoms with Gasteiger partial charge < -0.3 is 20.3 Å². The van der Waals surface area contributed by atoms with E-state index in [-0.39, 0.29) is 11.9 Å². The molecule has 1 unspecified atom stereocenters. The Hall–Kier alpha value is -2.24. The Morgan fingerprint density at radius 3 is 2.58 bits per heavy atom. The quantitative estimate of drug-likeness (QED) is 0.862. The number of carbonyl (C=O) groups is 2. The van der Waals surface area contributed by atoms with Crippen molar-refractivity contribution in [1.29, 1.82) is 0 Å². The Morgan fingerprint density at radius 2 is 1.88 bits per heavy atom. The first-order valence-corrected chi connectivity index (χ1v) is 9.61. The maximum absolute atomic E-state index is 12.9. The normalized spacial score (nSPS) is 20.7. The molecule has 0 bridgehead atoms. The minimum atomic E-state index is -0.190. The zero-order valence-electron chi connectivity index (χ0n) is 15.7. The molecule has 6 nitrogen and oxygen atoms in total. The summed E-state index contributed by atoms with van der Waals surface area (Å²) in [5, 5.41) is 5.58. The van der Waals surface area contributed by atoms with Crippen LogP contribution >= 0.6 is 0 Å². The van der Waals surface area contributed by atoms with Crippen LogP contribution in [0.1, 0.15) is 55.3 Å². The highest BCUT2D eigenvalue weighted by Gasteiger charge is 2.35. The average Bonchev–Trinajstić information content (AvgIpc) is 3.18. The number of nitrogens with one attached hydrogen (secondary N) is 2. The summed E-state index contributed by atoms with van der Waals surface area (Å²) in [4.78, 5) is 26.8. The maximum Gasteiger partial charge on any atom is 0.322 e. The van der Waals surface area contributed by atoms with Gasteiger partial charge in [-0.15, -0.1) is 0 Å². The third-order valence-electron chi connectivity index (χ3n) is 5.68. The minimum absolute atomic E-state index is 0.0922. The number of likely N-dealkylation sites (tertiary alicyclic amines) is 1. The fourth-order valence-electron chi connectivity index (χ4n) is 4.33. The van der Waals surface area contributed by atoms with E-state index in [4.69, 9.17) is 4.74 Å². The zero-order chi connectivity index (χ0) is 18.5. The van der Waals surface area contributed by atoms with Gasteiger partial charge in [0.1, 0.15) is 5.75 Å². The lowest BCUT2D eigenvalue weighted by atomic mass is 9.83. The second kappa shape index (κ2) is 8.43. The van der Waals surface area contributed by atoms with Crippen molar-refractivity contribution >= 4 is 17.6 Å². The monoisotopic (exact) mass is 359 g/mol. The Morgan fingerprint density at radius 1 is 1.12 bits per heavy atom. The minimum Gasteiger partial charge on any atom is -0.495 e. The molecule has 1 saturated carbocycles. The van der Waals surface area contributed by atoms with E-state index in [1.54, 1.807) is 32.4 Å². The molecule has 2 fully saturated rings. The number of urea groups is 1. The van der Waals surface area contributed by atoms with Crippen LogP contribution < -0.4 is 15.4 Å². The van der Waals surface area contributed by atoms with Gasteiger partial charge >= 0.3 is 6.03 Å².